The second kappa shape index (κ2) is 7.92. The molecule has 0 unspecified atom stereocenters. The van der Waals surface area contributed by atoms with Crippen LogP contribution in [0.2, 0.25) is 0 Å². The summed E-state index contributed by atoms with van der Waals surface area (Å²) >= 11 is 0. The number of hydrogen-bond donors (Lipinski definition) is 0. The largest absolute Gasteiger partial charge is 0.356 e. The van der Waals surface area contributed by atoms with Gasteiger partial charge in [-0.25, -0.2) is 17.7 Å². The van der Waals surface area contributed by atoms with Crippen LogP contribution in [-0.4, -0.2) is 74.0 Å². The molecule has 1 aromatic heterocycles. The van der Waals surface area contributed by atoms with Crippen LogP contribution in [0.5, 0.6) is 0 Å². The van der Waals surface area contributed by atoms with E-state index in [0.717, 1.165) is 31.7 Å². The number of aromatic nitrogens is 1. The van der Waals surface area contributed by atoms with Crippen LogP contribution in [0.3, 0.4) is 0 Å². The second-order valence-corrected chi connectivity index (χ2v) is 9.27. The molecule has 0 bridgehead atoms. The van der Waals surface area contributed by atoms with E-state index in [2.05, 4.69) is 9.88 Å². The number of nitrogens with zero attached hydrogens (tertiary/aromatic N) is 4. The summed E-state index contributed by atoms with van der Waals surface area (Å²) in [5, 5.41) is 0. The molecule has 2 saturated heterocycles. The number of rotatable bonds is 4. The molecule has 8 heteroatoms. The predicted octanol–water partition coefficient (Wildman–Crippen LogP) is 1.57. The van der Waals surface area contributed by atoms with Gasteiger partial charge in [-0.05, 0) is 44.2 Å². The van der Waals surface area contributed by atoms with E-state index in [9.17, 15) is 13.2 Å². The highest BCUT2D eigenvalue weighted by Gasteiger charge is 2.31. The molecule has 0 saturated carbocycles. The van der Waals surface area contributed by atoms with Crippen molar-refractivity contribution in [3.05, 3.63) is 23.9 Å². The van der Waals surface area contributed by atoms with Gasteiger partial charge in [0.1, 0.15) is 5.82 Å². The van der Waals surface area contributed by atoms with Gasteiger partial charge >= 0.3 is 0 Å². The highest BCUT2D eigenvalue weighted by Crippen LogP contribution is 2.25. The Morgan fingerprint density at radius 3 is 2.42 bits per heavy atom. The minimum atomic E-state index is -3.20. The van der Waals surface area contributed by atoms with E-state index >= 15 is 0 Å². The van der Waals surface area contributed by atoms with Crippen molar-refractivity contribution in [2.24, 2.45) is 0 Å². The molecule has 0 aromatic carbocycles. The van der Waals surface area contributed by atoms with Crippen LogP contribution in [-0.2, 0) is 10.0 Å². The van der Waals surface area contributed by atoms with Crippen molar-refractivity contribution in [3.63, 3.8) is 0 Å². The summed E-state index contributed by atoms with van der Waals surface area (Å²) in [7, 11) is -1.58. The lowest BCUT2D eigenvalue weighted by Gasteiger charge is -2.36. The Hall–Kier alpha value is -1.67. The van der Waals surface area contributed by atoms with Crippen molar-refractivity contribution in [1.29, 1.82) is 0 Å². The van der Waals surface area contributed by atoms with Gasteiger partial charge < -0.3 is 9.80 Å². The molecule has 1 amide bonds. The summed E-state index contributed by atoms with van der Waals surface area (Å²) in [6.45, 7) is 3.02. The smallest absolute Gasteiger partial charge is 0.257 e. The number of sulfonamides is 1. The maximum atomic E-state index is 13.1. The van der Waals surface area contributed by atoms with Crippen LogP contribution in [0, 0.1) is 0 Å². The van der Waals surface area contributed by atoms with Gasteiger partial charge in [0, 0.05) is 45.5 Å². The molecule has 0 atom stereocenters. The van der Waals surface area contributed by atoms with Crippen molar-refractivity contribution in [2.75, 3.05) is 44.4 Å². The number of likely N-dealkylation sites (tertiary alicyclic amines) is 1. The van der Waals surface area contributed by atoms with Crippen LogP contribution in [0.25, 0.3) is 0 Å². The highest BCUT2D eigenvalue weighted by molar-refractivity contribution is 7.88. The molecular formula is C18H28N4O3S. The van der Waals surface area contributed by atoms with Crippen LogP contribution in [0.4, 0.5) is 5.82 Å². The summed E-state index contributed by atoms with van der Waals surface area (Å²) < 4.78 is 24.9. The lowest BCUT2D eigenvalue weighted by Crippen LogP contribution is -2.47. The van der Waals surface area contributed by atoms with Crippen molar-refractivity contribution in [1.82, 2.24) is 14.2 Å². The molecule has 2 aliphatic rings. The van der Waals surface area contributed by atoms with Gasteiger partial charge in [0.2, 0.25) is 10.0 Å². The monoisotopic (exact) mass is 380 g/mol. The maximum absolute atomic E-state index is 13.1. The first-order chi connectivity index (χ1) is 12.4. The summed E-state index contributed by atoms with van der Waals surface area (Å²) in [4.78, 5) is 21.6. The fraction of sp³-hybridized carbons (Fsp3) is 0.667. The number of pyridine rings is 1. The van der Waals surface area contributed by atoms with Gasteiger partial charge in [-0.15, -0.1) is 0 Å². The Morgan fingerprint density at radius 2 is 1.81 bits per heavy atom. The Morgan fingerprint density at radius 1 is 1.15 bits per heavy atom. The molecule has 3 rings (SSSR count). The first kappa shape index (κ1) is 19.1. The van der Waals surface area contributed by atoms with Gasteiger partial charge in [-0.2, -0.15) is 0 Å². The lowest BCUT2D eigenvalue weighted by molar-refractivity contribution is 0.0686. The Kier molecular flexibility index (Phi) is 5.82. The molecule has 3 heterocycles. The molecule has 2 aliphatic heterocycles. The van der Waals surface area contributed by atoms with Gasteiger partial charge in [0.15, 0.2) is 0 Å². The van der Waals surface area contributed by atoms with E-state index in [-0.39, 0.29) is 11.9 Å². The highest BCUT2D eigenvalue weighted by atomic mass is 32.2. The normalized spacial score (nSPS) is 19.8. The number of hydrogen-bond acceptors (Lipinski definition) is 5. The van der Waals surface area contributed by atoms with Crippen molar-refractivity contribution in [2.45, 2.75) is 38.1 Å². The minimum absolute atomic E-state index is 0.000804. The third-order valence-corrected chi connectivity index (χ3v) is 6.81. The molecule has 2 fully saturated rings. The van der Waals surface area contributed by atoms with Gasteiger partial charge in [0.25, 0.3) is 5.91 Å². The standard InChI is InChI=1S/C18H28N4O3S/c1-20(26(2,24)25)15-8-13-22(14-9-15)18(23)16-7-6-10-19-17(16)21-11-4-3-5-12-21/h6-7,10,15H,3-5,8-9,11-14H2,1-2H3. The second-order valence-electron chi connectivity index (χ2n) is 7.22. The molecular weight excluding hydrogens is 352 g/mol. The Bertz CT molecular complexity index is 739. The average molecular weight is 381 g/mol. The number of amides is 1. The van der Waals surface area contributed by atoms with Crippen molar-refractivity contribution < 1.29 is 13.2 Å². The first-order valence-corrected chi connectivity index (χ1v) is 11.1. The number of anilines is 1. The molecule has 26 heavy (non-hydrogen) atoms. The summed E-state index contributed by atoms with van der Waals surface area (Å²) in [6, 6.07) is 3.63. The Balaban J connectivity index is 1.69. The Labute approximate surface area is 156 Å². The van der Waals surface area contributed by atoms with Crippen LogP contribution >= 0.6 is 0 Å². The molecule has 0 N–H and O–H groups in total. The van der Waals surface area contributed by atoms with Gasteiger partial charge in [0.05, 0.1) is 11.8 Å². The van der Waals surface area contributed by atoms with Crippen molar-refractivity contribution in [3.8, 4) is 0 Å². The zero-order valence-corrected chi connectivity index (χ0v) is 16.4. The molecule has 7 nitrogen and oxygen atoms in total. The van der Waals surface area contributed by atoms with E-state index in [1.807, 2.05) is 17.0 Å². The first-order valence-electron chi connectivity index (χ1n) is 9.30. The molecule has 0 aliphatic carbocycles. The SMILES string of the molecule is CN(C1CCN(C(=O)c2cccnc2N2CCCCC2)CC1)S(C)(=O)=O. The van der Waals surface area contributed by atoms with Crippen molar-refractivity contribution >= 4 is 21.7 Å². The number of carbonyl (C=O) groups is 1. The van der Waals surface area contributed by atoms with Gasteiger partial charge in [-0.1, -0.05) is 0 Å². The minimum Gasteiger partial charge on any atom is -0.356 e. The molecule has 0 spiro atoms. The summed E-state index contributed by atoms with van der Waals surface area (Å²) in [5.74, 6) is 0.784. The van der Waals surface area contributed by atoms with E-state index in [1.165, 1.54) is 17.0 Å². The average Bonchev–Trinajstić information content (AvgIpc) is 2.67. The summed E-state index contributed by atoms with van der Waals surface area (Å²) in [5.41, 5.74) is 0.657. The maximum Gasteiger partial charge on any atom is 0.257 e. The lowest BCUT2D eigenvalue weighted by atomic mass is 10.0. The number of piperidine rings is 2. The van der Waals surface area contributed by atoms with E-state index in [0.29, 0.717) is 31.5 Å². The third-order valence-electron chi connectivity index (χ3n) is 5.46. The molecule has 1 aromatic rings. The third kappa shape index (κ3) is 4.17. The predicted molar refractivity (Wildman–Crippen MR) is 102 cm³/mol. The van der Waals surface area contributed by atoms with E-state index in [1.54, 1.807) is 13.2 Å². The number of carbonyl (C=O) groups excluding carboxylic acids is 1. The van der Waals surface area contributed by atoms with Crippen LogP contribution in [0.1, 0.15) is 42.5 Å². The van der Waals surface area contributed by atoms with E-state index < -0.39 is 10.0 Å². The van der Waals surface area contributed by atoms with Crippen LogP contribution in [0.15, 0.2) is 18.3 Å². The summed E-state index contributed by atoms with van der Waals surface area (Å²) in [6.07, 6.45) is 7.79. The topological polar surface area (TPSA) is 73.8 Å². The van der Waals surface area contributed by atoms with E-state index in [4.69, 9.17) is 0 Å². The fourth-order valence-electron chi connectivity index (χ4n) is 3.80. The van der Waals surface area contributed by atoms with Crippen LogP contribution < -0.4 is 4.90 Å². The fourth-order valence-corrected chi connectivity index (χ4v) is 4.55. The molecule has 0 radical (unpaired) electrons. The van der Waals surface area contributed by atoms with Gasteiger partial charge in [-0.3, -0.25) is 4.79 Å². The quantitative estimate of drug-likeness (QED) is 0.793. The zero-order valence-electron chi connectivity index (χ0n) is 15.6. The zero-order chi connectivity index (χ0) is 18.7. The molecule has 144 valence electrons.